The molecule has 0 saturated carbocycles. The Morgan fingerprint density at radius 3 is 2.46 bits per heavy atom. The summed E-state index contributed by atoms with van der Waals surface area (Å²) in [7, 11) is 1.60. The molecular weight excluding hydrogens is 536 g/mol. The van der Waals surface area contributed by atoms with Crippen molar-refractivity contribution in [1.29, 1.82) is 0 Å². The molecule has 0 bridgehead atoms. The topological polar surface area (TPSA) is 69.6 Å². The number of amides is 1. The van der Waals surface area contributed by atoms with Crippen molar-refractivity contribution < 1.29 is 23.7 Å². The number of hydrogen-bond acceptors (Lipinski definition) is 7. The second kappa shape index (κ2) is 11.8. The number of para-hydroxylation sites is 1. The zero-order valence-corrected chi connectivity index (χ0v) is 23.5. The van der Waals surface area contributed by atoms with Crippen LogP contribution >= 0.6 is 11.8 Å². The maximum Gasteiger partial charge on any atom is 0.267 e. The molecule has 1 fully saturated rings. The predicted molar refractivity (Wildman–Crippen MR) is 161 cm³/mol. The van der Waals surface area contributed by atoms with E-state index in [1.165, 1.54) is 11.8 Å². The van der Waals surface area contributed by atoms with Gasteiger partial charge in [0.1, 0.15) is 6.61 Å². The van der Waals surface area contributed by atoms with Crippen LogP contribution in [0.2, 0.25) is 0 Å². The van der Waals surface area contributed by atoms with Gasteiger partial charge in [-0.2, -0.15) is 0 Å². The molecule has 206 valence electrons. The third kappa shape index (κ3) is 5.78. The summed E-state index contributed by atoms with van der Waals surface area (Å²) in [6.07, 6.45) is 1.87. The van der Waals surface area contributed by atoms with Crippen LogP contribution in [0.15, 0.2) is 107 Å². The van der Waals surface area contributed by atoms with E-state index in [1.54, 1.807) is 12.0 Å². The lowest BCUT2D eigenvalue weighted by molar-refractivity contribution is -0.123. The third-order valence-corrected chi connectivity index (χ3v) is 7.79. The molecule has 0 aliphatic carbocycles. The van der Waals surface area contributed by atoms with E-state index in [-0.39, 0.29) is 18.7 Å². The Hall–Kier alpha value is -4.69. The number of hydrogen-bond donors (Lipinski definition) is 0. The Kier molecular flexibility index (Phi) is 7.65. The van der Waals surface area contributed by atoms with Gasteiger partial charge >= 0.3 is 0 Å². The monoisotopic (exact) mass is 564 g/mol. The number of thioether (sulfide) groups is 1. The van der Waals surface area contributed by atoms with Crippen LogP contribution in [0.1, 0.15) is 29.7 Å². The first-order valence-electron chi connectivity index (χ1n) is 13.2. The summed E-state index contributed by atoms with van der Waals surface area (Å²) in [6.45, 7) is 2.59. The lowest BCUT2D eigenvalue weighted by Gasteiger charge is -2.24. The number of fused-ring (bicyclic) bond motifs is 1. The summed E-state index contributed by atoms with van der Waals surface area (Å²) >= 11 is 1.37. The van der Waals surface area contributed by atoms with Gasteiger partial charge in [-0.25, -0.2) is 4.99 Å². The molecule has 1 amide bonds. The van der Waals surface area contributed by atoms with Gasteiger partial charge in [0.05, 0.1) is 23.7 Å². The number of amidine groups is 1. The molecule has 4 aromatic rings. The van der Waals surface area contributed by atoms with Crippen LogP contribution < -0.4 is 18.9 Å². The molecule has 0 aromatic heterocycles. The van der Waals surface area contributed by atoms with Crippen molar-refractivity contribution in [1.82, 2.24) is 4.90 Å². The van der Waals surface area contributed by atoms with E-state index in [9.17, 15) is 4.79 Å². The average Bonchev–Trinajstić information content (AvgIpc) is 3.60. The Balaban J connectivity index is 1.25. The minimum Gasteiger partial charge on any atom is -0.493 e. The molecule has 8 heteroatoms. The largest absolute Gasteiger partial charge is 0.493 e. The molecule has 2 heterocycles. The van der Waals surface area contributed by atoms with Crippen LogP contribution in [0.5, 0.6) is 23.0 Å². The van der Waals surface area contributed by atoms with E-state index in [1.807, 2.05) is 110 Å². The van der Waals surface area contributed by atoms with Gasteiger partial charge in [-0.05, 0) is 77.9 Å². The van der Waals surface area contributed by atoms with Gasteiger partial charge in [-0.15, -0.1) is 0 Å². The quantitative estimate of drug-likeness (QED) is 0.208. The number of ether oxygens (including phenoxy) is 4. The summed E-state index contributed by atoms with van der Waals surface area (Å²) in [5.74, 6) is 2.52. The van der Waals surface area contributed by atoms with Gasteiger partial charge in [0.15, 0.2) is 28.2 Å². The highest BCUT2D eigenvalue weighted by Gasteiger charge is 2.37. The molecule has 0 N–H and O–H groups in total. The molecule has 0 radical (unpaired) electrons. The van der Waals surface area contributed by atoms with Crippen molar-refractivity contribution in [2.45, 2.75) is 19.6 Å². The van der Waals surface area contributed by atoms with E-state index >= 15 is 0 Å². The van der Waals surface area contributed by atoms with E-state index in [0.717, 1.165) is 28.1 Å². The first-order valence-corrected chi connectivity index (χ1v) is 14.0. The number of carbonyl (C=O) groups excluding carboxylic acids is 1. The van der Waals surface area contributed by atoms with Crippen LogP contribution in [0.25, 0.3) is 6.08 Å². The first kappa shape index (κ1) is 26.5. The maximum absolute atomic E-state index is 13.8. The number of nitrogens with zero attached hydrogens (tertiary/aromatic N) is 2. The predicted octanol–water partition coefficient (Wildman–Crippen LogP) is 7.37. The highest BCUT2D eigenvalue weighted by molar-refractivity contribution is 8.18. The van der Waals surface area contributed by atoms with Crippen molar-refractivity contribution in [3.8, 4) is 23.0 Å². The molecule has 2 aliphatic heterocycles. The fourth-order valence-corrected chi connectivity index (χ4v) is 5.70. The fraction of sp³-hybridized carbons (Fsp3) is 0.152. The lowest BCUT2D eigenvalue weighted by Crippen LogP contribution is -2.32. The second-order valence-electron chi connectivity index (χ2n) is 9.49. The molecule has 0 spiro atoms. The number of benzene rings is 4. The molecule has 6 rings (SSSR count). The van der Waals surface area contributed by atoms with Crippen LogP contribution in [0.4, 0.5) is 5.69 Å². The minimum absolute atomic E-state index is 0.0943. The van der Waals surface area contributed by atoms with Crippen molar-refractivity contribution in [2.24, 2.45) is 4.99 Å². The number of aliphatic imine (C=N–C) groups is 1. The van der Waals surface area contributed by atoms with Crippen LogP contribution in [0.3, 0.4) is 0 Å². The number of rotatable bonds is 8. The fourth-order valence-electron chi connectivity index (χ4n) is 4.64. The third-order valence-electron chi connectivity index (χ3n) is 6.80. The van der Waals surface area contributed by atoms with Crippen molar-refractivity contribution in [3.63, 3.8) is 0 Å². The minimum atomic E-state index is -0.189. The molecule has 1 saturated heterocycles. The first-order chi connectivity index (χ1) is 20.1. The van der Waals surface area contributed by atoms with Gasteiger partial charge in [-0.1, -0.05) is 60.7 Å². The van der Waals surface area contributed by atoms with Gasteiger partial charge in [0, 0.05) is 0 Å². The molecule has 4 aromatic carbocycles. The highest BCUT2D eigenvalue weighted by Crippen LogP contribution is 2.40. The number of methoxy groups -OCH3 is 1. The Morgan fingerprint density at radius 2 is 1.68 bits per heavy atom. The lowest BCUT2D eigenvalue weighted by atomic mass is 10.1. The zero-order chi connectivity index (χ0) is 28.2. The van der Waals surface area contributed by atoms with Crippen molar-refractivity contribution >= 4 is 34.6 Å². The van der Waals surface area contributed by atoms with Crippen molar-refractivity contribution in [2.75, 3.05) is 13.9 Å². The van der Waals surface area contributed by atoms with E-state index in [4.69, 9.17) is 23.9 Å². The summed E-state index contributed by atoms with van der Waals surface area (Å²) < 4.78 is 22.5. The smallest absolute Gasteiger partial charge is 0.267 e. The second-order valence-corrected chi connectivity index (χ2v) is 10.5. The summed E-state index contributed by atoms with van der Waals surface area (Å²) in [4.78, 5) is 20.9. The molecule has 1 atom stereocenters. The Bertz CT molecular complexity index is 1620. The normalized spacial score (nSPS) is 16.8. The van der Waals surface area contributed by atoms with Gasteiger partial charge in [0.2, 0.25) is 6.79 Å². The van der Waals surface area contributed by atoms with E-state index in [2.05, 4.69) is 0 Å². The summed E-state index contributed by atoms with van der Waals surface area (Å²) in [5.41, 5.74) is 3.60. The van der Waals surface area contributed by atoms with Gasteiger partial charge in [0.25, 0.3) is 5.91 Å². The van der Waals surface area contributed by atoms with Crippen molar-refractivity contribution in [3.05, 3.63) is 119 Å². The number of carbonyl (C=O) groups is 1. The zero-order valence-electron chi connectivity index (χ0n) is 22.7. The highest BCUT2D eigenvalue weighted by atomic mass is 32.2. The van der Waals surface area contributed by atoms with Crippen LogP contribution in [-0.2, 0) is 11.4 Å². The molecule has 0 unspecified atom stereocenters. The van der Waals surface area contributed by atoms with Gasteiger partial charge in [-0.3, -0.25) is 9.69 Å². The molecular formula is C33H28N2O5S. The summed E-state index contributed by atoms with van der Waals surface area (Å²) in [6, 6.07) is 30.8. The molecule has 2 aliphatic rings. The van der Waals surface area contributed by atoms with Crippen LogP contribution in [-0.4, -0.2) is 29.9 Å². The SMILES string of the molecule is COc1cc(/C=C2/SC(=Nc3ccccc3)N([C@@H](C)c3ccccc3)C2=O)ccc1OCc1ccc2c(c1)OCO2. The Morgan fingerprint density at radius 1 is 0.927 bits per heavy atom. The standard InChI is InChI=1S/C33H28N2O5S/c1-22(25-9-5-3-6-10-25)35-32(36)31(41-33(35)34-26-11-7-4-8-12-26)19-23-13-15-27(29(17-23)37-2)38-20-24-14-16-28-30(18-24)40-21-39-28/h3-19,22H,20-21H2,1-2H3/b31-19+,34-33?/t22-/m0/s1. The maximum atomic E-state index is 13.8. The van der Waals surface area contributed by atoms with E-state index in [0.29, 0.717) is 33.9 Å². The molecule has 41 heavy (non-hydrogen) atoms. The van der Waals surface area contributed by atoms with Gasteiger partial charge < -0.3 is 18.9 Å². The summed E-state index contributed by atoms with van der Waals surface area (Å²) in [5, 5.41) is 0.638. The van der Waals surface area contributed by atoms with Crippen LogP contribution in [0, 0.1) is 0 Å². The Labute approximate surface area is 243 Å². The van der Waals surface area contributed by atoms with E-state index < -0.39 is 0 Å². The molecule has 7 nitrogen and oxygen atoms in total. The average molecular weight is 565 g/mol.